The minimum atomic E-state index is -0.766. The number of carbonyl (C=O) groups is 2. The molecule has 0 bridgehead atoms. The Morgan fingerprint density at radius 1 is 0.643 bits per heavy atom. The van der Waals surface area contributed by atoms with Crippen LogP contribution in [0.15, 0.2) is 143 Å². The summed E-state index contributed by atoms with van der Waals surface area (Å²) < 4.78 is 37.7. The van der Waals surface area contributed by atoms with Crippen LogP contribution in [0.25, 0.3) is 44.2 Å². The second-order valence-electron chi connectivity index (χ2n) is 11.8. The van der Waals surface area contributed by atoms with Crippen LogP contribution in [0.3, 0.4) is 0 Å². The Hall–Kier alpha value is -6.07. The first-order chi connectivity index (χ1) is 27.0. The number of halogens is 5. The predicted octanol–water partition coefficient (Wildman–Crippen LogP) is 12.2. The van der Waals surface area contributed by atoms with E-state index < -0.39 is 22.8 Å². The molecule has 1 amide bonds. The summed E-state index contributed by atoms with van der Waals surface area (Å²) in [6.45, 7) is 3.87. The molecule has 0 aliphatic carbocycles. The number of aromatic nitrogens is 2. The number of aryl methyl sites for hydroxylation is 2. The standard InChI is InChI=1S/C21H15FN2O2.C14H12N2O.C7H4ClFO.CH2Cl2/c1-13-20(16-7-3-5-9-18(16)26-13)14-10-11-19(23-12-14)24-21(25)15-6-2-4-8-17(15)22;1-9-14(10-6-7-13(15)16-8-10)11-4-2-3-5-12(11)17-9;8-7(10)5-3-1-2-4-6(5)9;2-1-3/h2-12H,1H3,(H,23,24,25);2-8H,1H3,(H2,15,16);1-4H;1H2. The summed E-state index contributed by atoms with van der Waals surface area (Å²) in [5.41, 5.74) is 11.2. The zero-order valence-electron chi connectivity index (χ0n) is 29.9. The van der Waals surface area contributed by atoms with Crippen molar-refractivity contribution < 1.29 is 27.2 Å². The fourth-order valence-electron chi connectivity index (χ4n) is 5.67. The first-order valence-corrected chi connectivity index (χ1v) is 18.2. The molecule has 0 aliphatic heterocycles. The maximum atomic E-state index is 13.7. The highest BCUT2D eigenvalue weighted by Gasteiger charge is 2.15. The zero-order valence-corrected chi connectivity index (χ0v) is 32.2. The summed E-state index contributed by atoms with van der Waals surface area (Å²) >= 11 is 14.6. The van der Waals surface area contributed by atoms with Crippen molar-refractivity contribution >= 4 is 79.5 Å². The highest BCUT2D eigenvalue weighted by Crippen LogP contribution is 2.35. The third-order valence-corrected chi connectivity index (χ3v) is 8.32. The maximum absolute atomic E-state index is 13.7. The lowest BCUT2D eigenvalue weighted by molar-refractivity contribution is 0.102. The van der Waals surface area contributed by atoms with Gasteiger partial charge >= 0.3 is 0 Å². The predicted molar refractivity (Wildman–Crippen MR) is 220 cm³/mol. The van der Waals surface area contributed by atoms with Gasteiger partial charge in [0.25, 0.3) is 11.1 Å². The molecule has 0 saturated carbocycles. The molecule has 0 aliphatic rings. The molecule has 3 N–H and O–H groups in total. The number of pyridine rings is 2. The lowest BCUT2D eigenvalue weighted by atomic mass is 10.0. The summed E-state index contributed by atoms with van der Waals surface area (Å²) in [4.78, 5) is 31.0. The van der Waals surface area contributed by atoms with Gasteiger partial charge in [-0.1, -0.05) is 60.7 Å². The Morgan fingerprint density at radius 3 is 1.52 bits per heavy atom. The van der Waals surface area contributed by atoms with Gasteiger partial charge in [-0.25, -0.2) is 18.7 Å². The Labute approximate surface area is 335 Å². The molecule has 284 valence electrons. The Bertz CT molecular complexity index is 2580. The zero-order chi connectivity index (χ0) is 40.2. The average Bonchev–Trinajstić information content (AvgIpc) is 3.71. The van der Waals surface area contributed by atoms with Gasteiger partial charge in [0.15, 0.2) is 0 Å². The van der Waals surface area contributed by atoms with Crippen molar-refractivity contribution in [3.8, 4) is 22.3 Å². The molecule has 0 radical (unpaired) electrons. The van der Waals surface area contributed by atoms with E-state index in [9.17, 15) is 18.4 Å². The van der Waals surface area contributed by atoms with E-state index in [-0.39, 0.29) is 16.5 Å². The number of nitrogen functional groups attached to an aromatic ring is 1. The van der Waals surface area contributed by atoms with Crippen molar-refractivity contribution in [1.29, 1.82) is 0 Å². The number of hydrogen-bond acceptors (Lipinski definition) is 7. The van der Waals surface area contributed by atoms with Crippen LogP contribution in [-0.2, 0) is 0 Å². The average molecular weight is 814 g/mol. The smallest absolute Gasteiger partial charge is 0.259 e. The van der Waals surface area contributed by atoms with Gasteiger partial charge in [0.2, 0.25) is 0 Å². The first kappa shape index (κ1) is 41.1. The number of benzene rings is 4. The molecule has 0 fully saturated rings. The van der Waals surface area contributed by atoms with E-state index in [1.54, 1.807) is 36.7 Å². The largest absolute Gasteiger partial charge is 0.461 e. The van der Waals surface area contributed by atoms with Crippen molar-refractivity contribution in [2.24, 2.45) is 0 Å². The Morgan fingerprint density at radius 2 is 1.09 bits per heavy atom. The molecule has 4 aromatic carbocycles. The summed E-state index contributed by atoms with van der Waals surface area (Å²) in [5.74, 6) is 0.901. The number of rotatable bonds is 5. The molecule has 4 aromatic heterocycles. The number of furan rings is 2. The second kappa shape index (κ2) is 19.5. The van der Waals surface area contributed by atoms with E-state index in [0.29, 0.717) is 11.6 Å². The molecule has 8 aromatic rings. The van der Waals surface area contributed by atoms with Gasteiger partial charge in [0.1, 0.15) is 46.0 Å². The fourth-order valence-corrected chi connectivity index (χ4v) is 5.82. The van der Waals surface area contributed by atoms with Crippen LogP contribution in [0.5, 0.6) is 0 Å². The second-order valence-corrected chi connectivity index (χ2v) is 12.9. The summed E-state index contributed by atoms with van der Waals surface area (Å²) in [6.07, 6.45) is 3.45. The van der Waals surface area contributed by atoms with Crippen LogP contribution < -0.4 is 11.1 Å². The normalized spacial score (nSPS) is 10.3. The van der Waals surface area contributed by atoms with Crippen molar-refractivity contribution in [3.05, 3.63) is 168 Å². The van der Waals surface area contributed by atoms with Crippen LogP contribution in [0.4, 0.5) is 20.4 Å². The van der Waals surface area contributed by atoms with Gasteiger partial charge in [0.05, 0.1) is 16.5 Å². The lowest BCUT2D eigenvalue weighted by Crippen LogP contribution is -2.14. The number of para-hydroxylation sites is 2. The highest BCUT2D eigenvalue weighted by molar-refractivity contribution is 6.67. The van der Waals surface area contributed by atoms with Crippen molar-refractivity contribution in [3.63, 3.8) is 0 Å². The number of anilines is 2. The topological polar surface area (TPSA) is 124 Å². The SMILES string of the molecule is Cc1oc2ccccc2c1-c1ccc(N)nc1.Cc1oc2ccccc2c1-c1ccc(NC(=O)c2ccccc2F)nc1.ClCCl.O=C(Cl)c1ccccc1F. The number of nitrogens with zero attached hydrogens (tertiary/aromatic N) is 2. The summed E-state index contributed by atoms with van der Waals surface area (Å²) in [6, 6.07) is 34.5. The number of alkyl halides is 2. The number of carbonyl (C=O) groups excluding carboxylic acids is 2. The van der Waals surface area contributed by atoms with E-state index in [0.717, 1.165) is 55.7 Å². The van der Waals surface area contributed by atoms with Crippen molar-refractivity contribution in [2.45, 2.75) is 13.8 Å². The molecule has 8 nitrogen and oxygen atoms in total. The van der Waals surface area contributed by atoms with Crippen LogP contribution in [0.1, 0.15) is 32.2 Å². The van der Waals surface area contributed by atoms with Crippen LogP contribution in [-0.4, -0.2) is 26.5 Å². The third kappa shape index (κ3) is 10.2. The van der Waals surface area contributed by atoms with E-state index in [1.165, 1.54) is 36.4 Å². The molecule has 0 saturated heterocycles. The van der Waals surface area contributed by atoms with Gasteiger partial charge in [0, 0.05) is 45.4 Å². The number of nitrogens with two attached hydrogens (primary N) is 1. The van der Waals surface area contributed by atoms with E-state index in [2.05, 4.69) is 21.4 Å². The van der Waals surface area contributed by atoms with Crippen LogP contribution in [0.2, 0.25) is 0 Å². The molecule has 56 heavy (non-hydrogen) atoms. The molecule has 4 heterocycles. The lowest BCUT2D eigenvalue weighted by Gasteiger charge is -2.06. The Balaban J connectivity index is 0.000000171. The van der Waals surface area contributed by atoms with E-state index >= 15 is 0 Å². The quantitative estimate of drug-likeness (QED) is 0.131. The minimum Gasteiger partial charge on any atom is -0.461 e. The molecule has 8 rings (SSSR count). The van der Waals surface area contributed by atoms with Gasteiger partial charge in [-0.15, -0.1) is 23.2 Å². The Kier molecular flexibility index (Phi) is 14.3. The molecular weight excluding hydrogens is 781 g/mol. The van der Waals surface area contributed by atoms with E-state index in [1.807, 2.05) is 68.4 Å². The number of fused-ring (bicyclic) bond motifs is 2. The van der Waals surface area contributed by atoms with Gasteiger partial charge in [-0.05, 0) is 86.1 Å². The van der Waals surface area contributed by atoms with Crippen molar-refractivity contribution in [1.82, 2.24) is 9.97 Å². The van der Waals surface area contributed by atoms with Gasteiger partial charge in [-0.2, -0.15) is 0 Å². The molecule has 0 unspecified atom stereocenters. The van der Waals surface area contributed by atoms with Crippen LogP contribution >= 0.6 is 34.8 Å². The molecule has 0 spiro atoms. The third-order valence-electron chi connectivity index (χ3n) is 8.12. The summed E-state index contributed by atoms with van der Waals surface area (Å²) in [7, 11) is 0. The van der Waals surface area contributed by atoms with Crippen LogP contribution in [0, 0.1) is 25.5 Å². The van der Waals surface area contributed by atoms with E-state index in [4.69, 9.17) is 49.4 Å². The number of hydrogen-bond donors (Lipinski definition) is 2. The minimum absolute atomic E-state index is 0.0185. The summed E-state index contributed by atoms with van der Waals surface area (Å²) in [5, 5.41) is 4.16. The molecular formula is C43H33Cl3F2N4O4. The molecule has 13 heteroatoms. The first-order valence-electron chi connectivity index (χ1n) is 16.8. The number of nitrogens with one attached hydrogen (secondary N) is 1. The van der Waals surface area contributed by atoms with Gasteiger partial charge in [-0.3, -0.25) is 9.59 Å². The highest BCUT2D eigenvalue weighted by atomic mass is 35.5. The van der Waals surface area contributed by atoms with Gasteiger partial charge < -0.3 is 19.9 Å². The monoisotopic (exact) mass is 812 g/mol. The maximum Gasteiger partial charge on any atom is 0.259 e. The molecule has 0 atom stereocenters. The fraction of sp³-hybridized carbons (Fsp3) is 0.0698. The number of amides is 1. The van der Waals surface area contributed by atoms with Crippen molar-refractivity contribution in [2.75, 3.05) is 16.4 Å².